The van der Waals surface area contributed by atoms with Crippen molar-refractivity contribution >= 4 is 17.3 Å². The second kappa shape index (κ2) is 4.45. The Balaban J connectivity index is 2.31. The number of nitrogens with two attached hydrogens (primary N) is 1. The maximum Gasteiger partial charge on any atom is 0.148 e. The van der Waals surface area contributed by atoms with Crippen LogP contribution in [-0.4, -0.2) is 16.8 Å². The first-order chi connectivity index (χ1) is 7.72. The van der Waals surface area contributed by atoms with Crippen molar-refractivity contribution in [1.29, 1.82) is 0 Å². The molecule has 0 aliphatic rings. The third-order valence-electron chi connectivity index (χ3n) is 2.20. The van der Waals surface area contributed by atoms with Crippen LogP contribution in [0.2, 0.25) is 5.15 Å². The molecule has 5 heteroatoms. The zero-order valence-electron chi connectivity index (χ0n) is 8.83. The number of hydrogen-bond donors (Lipinski definition) is 2. The number of rotatable bonds is 3. The van der Waals surface area contributed by atoms with Gasteiger partial charge in [-0.25, -0.2) is 0 Å². The Morgan fingerprint density at radius 2 is 2.06 bits per heavy atom. The fourth-order valence-electron chi connectivity index (χ4n) is 1.43. The summed E-state index contributed by atoms with van der Waals surface area (Å²) in [6.07, 6.45) is 0. The van der Waals surface area contributed by atoms with E-state index in [9.17, 15) is 0 Å². The quantitative estimate of drug-likeness (QED) is 0.863. The second-order valence-electron chi connectivity index (χ2n) is 3.26. The third kappa shape index (κ3) is 1.97. The normalized spacial score (nSPS) is 10.4. The monoisotopic (exact) mass is 237 g/mol. The fraction of sp³-hybridized carbons (Fsp3) is 0.182. The number of nitrogens with zero attached hydrogens (tertiary/aromatic N) is 1. The smallest absolute Gasteiger partial charge is 0.148 e. The molecule has 0 amide bonds. The zero-order chi connectivity index (χ0) is 11.5. The van der Waals surface area contributed by atoms with Crippen molar-refractivity contribution in [2.24, 2.45) is 0 Å². The molecule has 0 bridgehead atoms. The predicted octanol–water partition coefficient (Wildman–Crippen LogP) is 2.71. The molecule has 16 heavy (non-hydrogen) atoms. The van der Waals surface area contributed by atoms with Crippen LogP contribution >= 0.6 is 11.6 Å². The van der Waals surface area contributed by atoms with Crippen LogP contribution in [0.4, 0.5) is 5.69 Å². The van der Waals surface area contributed by atoms with Crippen LogP contribution in [0.1, 0.15) is 6.92 Å². The molecule has 1 aromatic carbocycles. The molecule has 2 rings (SSSR count). The molecule has 0 spiro atoms. The van der Waals surface area contributed by atoms with Crippen molar-refractivity contribution in [3.63, 3.8) is 0 Å². The number of anilines is 1. The summed E-state index contributed by atoms with van der Waals surface area (Å²) in [5.41, 5.74) is 7.80. The molecule has 1 heterocycles. The molecule has 0 saturated heterocycles. The summed E-state index contributed by atoms with van der Waals surface area (Å²) in [5.74, 6) is 0.825. The lowest BCUT2D eigenvalue weighted by molar-refractivity contribution is 0.340. The Morgan fingerprint density at radius 3 is 2.56 bits per heavy atom. The molecule has 0 radical (unpaired) electrons. The highest BCUT2D eigenvalue weighted by molar-refractivity contribution is 6.32. The lowest BCUT2D eigenvalue weighted by Crippen LogP contribution is -1.91. The SMILES string of the molecule is CCOc1ccc(-c2n[nH]c(Cl)c2N)cc1. The molecule has 0 saturated carbocycles. The number of H-pyrrole nitrogens is 1. The van der Waals surface area contributed by atoms with E-state index in [-0.39, 0.29) is 0 Å². The number of nitrogen functional groups attached to an aromatic ring is 1. The van der Waals surface area contributed by atoms with Crippen molar-refractivity contribution in [2.45, 2.75) is 6.92 Å². The second-order valence-corrected chi connectivity index (χ2v) is 3.64. The van der Waals surface area contributed by atoms with Gasteiger partial charge in [-0.05, 0) is 31.2 Å². The molecule has 0 unspecified atom stereocenters. The van der Waals surface area contributed by atoms with Gasteiger partial charge in [0, 0.05) is 5.56 Å². The summed E-state index contributed by atoms with van der Waals surface area (Å²) in [5, 5.41) is 7.04. The third-order valence-corrected chi connectivity index (χ3v) is 2.48. The van der Waals surface area contributed by atoms with Crippen LogP contribution in [0.15, 0.2) is 24.3 Å². The van der Waals surface area contributed by atoms with E-state index in [1.807, 2.05) is 31.2 Å². The van der Waals surface area contributed by atoms with Gasteiger partial charge in [0.2, 0.25) is 0 Å². The minimum atomic E-state index is 0.365. The van der Waals surface area contributed by atoms with E-state index >= 15 is 0 Å². The van der Waals surface area contributed by atoms with Crippen LogP contribution in [0.5, 0.6) is 5.75 Å². The fourth-order valence-corrected chi connectivity index (χ4v) is 1.56. The lowest BCUT2D eigenvalue weighted by Gasteiger charge is -2.03. The highest BCUT2D eigenvalue weighted by Crippen LogP contribution is 2.29. The van der Waals surface area contributed by atoms with E-state index < -0.39 is 0 Å². The number of benzene rings is 1. The minimum Gasteiger partial charge on any atom is -0.494 e. The summed E-state index contributed by atoms with van der Waals surface area (Å²) < 4.78 is 5.35. The van der Waals surface area contributed by atoms with Gasteiger partial charge >= 0.3 is 0 Å². The summed E-state index contributed by atoms with van der Waals surface area (Å²) >= 11 is 5.79. The molecule has 0 fully saturated rings. The van der Waals surface area contributed by atoms with Gasteiger partial charge in [-0.1, -0.05) is 11.6 Å². The molecule has 84 valence electrons. The first-order valence-electron chi connectivity index (χ1n) is 4.95. The van der Waals surface area contributed by atoms with Crippen molar-refractivity contribution in [3.05, 3.63) is 29.4 Å². The van der Waals surface area contributed by atoms with Crippen molar-refractivity contribution in [3.8, 4) is 17.0 Å². The Morgan fingerprint density at radius 1 is 1.38 bits per heavy atom. The molecule has 0 aliphatic carbocycles. The van der Waals surface area contributed by atoms with Gasteiger partial charge in [-0.3, -0.25) is 5.10 Å². The molecule has 1 aromatic heterocycles. The largest absolute Gasteiger partial charge is 0.494 e. The first-order valence-corrected chi connectivity index (χ1v) is 5.32. The molecular weight excluding hydrogens is 226 g/mol. The Bertz CT molecular complexity index is 478. The number of halogens is 1. The average Bonchev–Trinajstić information content (AvgIpc) is 2.62. The van der Waals surface area contributed by atoms with Crippen LogP contribution in [0, 0.1) is 0 Å². The highest BCUT2D eigenvalue weighted by atomic mass is 35.5. The summed E-state index contributed by atoms with van der Waals surface area (Å²) in [6, 6.07) is 7.55. The topological polar surface area (TPSA) is 63.9 Å². The van der Waals surface area contributed by atoms with Crippen LogP contribution < -0.4 is 10.5 Å². The molecule has 2 aromatic rings. The van der Waals surface area contributed by atoms with E-state index in [1.165, 1.54) is 0 Å². The summed E-state index contributed by atoms with van der Waals surface area (Å²) in [4.78, 5) is 0. The standard InChI is InChI=1S/C11H12ClN3O/c1-2-16-8-5-3-7(4-6-8)10-9(13)11(12)15-14-10/h3-6H,2,13H2,1H3,(H,14,15). The number of aromatic amines is 1. The van der Waals surface area contributed by atoms with E-state index in [0.29, 0.717) is 23.1 Å². The Labute approximate surface area is 98.4 Å². The average molecular weight is 238 g/mol. The number of hydrogen-bond acceptors (Lipinski definition) is 3. The van der Waals surface area contributed by atoms with Gasteiger partial charge in [0.15, 0.2) is 0 Å². The molecule has 4 nitrogen and oxygen atoms in total. The highest BCUT2D eigenvalue weighted by Gasteiger charge is 2.09. The van der Waals surface area contributed by atoms with E-state index in [2.05, 4.69) is 10.2 Å². The van der Waals surface area contributed by atoms with Gasteiger partial charge in [0.25, 0.3) is 0 Å². The minimum absolute atomic E-state index is 0.365. The van der Waals surface area contributed by atoms with Crippen LogP contribution in [-0.2, 0) is 0 Å². The van der Waals surface area contributed by atoms with E-state index in [1.54, 1.807) is 0 Å². The van der Waals surface area contributed by atoms with Crippen molar-refractivity contribution < 1.29 is 4.74 Å². The van der Waals surface area contributed by atoms with Gasteiger partial charge < -0.3 is 10.5 Å². The number of ether oxygens (including phenoxy) is 1. The summed E-state index contributed by atoms with van der Waals surface area (Å²) in [6.45, 7) is 2.59. The molecular formula is C11H12ClN3O. The molecule has 0 atom stereocenters. The van der Waals surface area contributed by atoms with Gasteiger partial charge in [-0.15, -0.1) is 0 Å². The maximum absolute atomic E-state index is 5.79. The Hall–Kier alpha value is -1.68. The predicted molar refractivity (Wildman–Crippen MR) is 64.6 cm³/mol. The van der Waals surface area contributed by atoms with Crippen LogP contribution in [0.25, 0.3) is 11.3 Å². The molecule has 0 aliphatic heterocycles. The van der Waals surface area contributed by atoms with Crippen LogP contribution in [0.3, 0.4) is 0 Å². The maximum atomic E-state index is 5.79. The van der Waals surface area contributed by atoms with Gasteiger partial charge in [0.05, 0.1) is 12.3 Å². The number of aromatic nitrogens is 2. The van der Waals surface area contributed by atoms with Crippen molar-refractivity contribution in [1.82, 2.24) is 10.2 Å². The molecule has 3 N–H and O–H groups in total. The van der Waals surface area contributed by atoms with Gasteiger partial charge in [-0.2, -0.15) is 5.10 Å². The van der Waals surface area contributed by atoms with E-state index in [4.69, 9.17) is 22.1 Å². The van der Waals surface area contributed by atoms with E-state index in [0.717, 1.165) is 11.3 Å². The van der Waals surface area contributed by atoms with Crippen molar-refractivity contribution in [2.75, 3.05) is 12.3 Å². The first kappa shape index (κ1) is 10.8. The van der Waals surface area contributed by atoms with Gasteiger partial charge in [0.1, 0.15) is 16.6 Å². The lowest BCUT2D eigenvalue weighted by atomic mass is 10.1. The summed E-state index contributed by atoms with van der Waals surface area (Å²) in [7, 11) is 0. The number of nitrogens with one attached hydrogen (secondary N) is 1. The Kier molecular flexibility index (Phi) is 3.01. The zero-order valence-corrected chi connectivity index (χ0v) is 9.58.